The fraction of sp³-hybridized carbons (Fsp3) is 0.375. The lowest BCUT2D eigenvalue weighted by Crippen LogP contribution is -2.61. The van der Waals surface area contributed by atoms with Crippen molar-refractivity contribution in [3.8, 4) is 11.5 Å². The van der Waals surface area contributed by atoms with Crippen LogP contribution in [0.3, 0.4) is 0 Å². The van der Waals surface area contributed by atoms with E-state index in [-0.39, 0.29) is 11.5 Å². The first kappa shape index (κ1) is 19.7. The Kier molecular flexibility index (Phi) is 6.16. The molecule has 142 valence electrons. The molecule has 0 aromatic heterocycles. The van der Waals surface area contributed by atoms with Crippen molar-refractivity contribution in [3.63, 3.8) is 0 Å². The van der Waals surface area contributed by atoms with Gasteiger partial charge in [-0.3, -0.25) is 0 Å². The van der Waals surface area contributed by atoms with Crippen LogP contribution in [0.1, 0.15) is 5.56 Å². The number of aliphatic hydroxyl groups excluding tert-OH is 3. The molecular formula is C16H18O10. The van der Waals surface area contributed by atoms with Crippen molar-refractivity contribution in [2.45, 2.75) is 30.7 Å². The molecule has 10 nitrogen and oxygen atoms in total. The standard InChI is InChI=1S/C16H18O10/c1-24-9-6-7(3-5-10(17)18)2-4-8(9)25-16-13(21)11(19)12(20)14(26-16)15(22)23/h2-6,11-14,16,19-21H,1H3,(H,17,18)(H,22,23)/t11-,12-,13-,14-,16+/m0/s1. The third-order valence-electron chi connectivity index (χ3n) is 3.66. The Morgan fingerprint density at radius 2 is 1.77 bits per heavy atom. The maximum atomic E-state index is 11.1. The molecule has 1 aliphatic rings. The maximum Gasteiger partial charge on any atom is 0.335 e. The second-order valence-corrected chi connectivity index (χ2v) is 5.43. The zero-order valence-corrected chi connectivity index (χ0v) is 13.6. The van der Waals surface area contributed by atoms with E-state index in [1.165, 1.54) is 31.4 Å². The zero-order chi connectivity index (χ0) is 19.4. The van der Waals surface area contributed by atoms with E-state index in [9.17, 15) is 24.9 Å². The van der Waals surface area contributed by atoms with Gasteiger partial charge in [0.15, 0.2) is 17.6 Å². The van der Waals surface area contributed by atoms with E-state index in [1.54, 1.807) is 0 Å². The summed E-state index contributed by atoms with van der Waals surface area (Å²) >= 11 is 0. The molecule has 0 saturated carbocycles. The molecule has 0 bridgehead atoms. The number of hydrogen-bond donors (Lipinski definition) is 5. The van der Waals surface area contributed by atoms with Gasteiger partial charge in [-0.2, -0.15) is 0 Å². The van der Waals surface area contributed by atoms with Gasteiger partial charge in [0.2, 0.25) is 6.29 Å². The van der Waals surface area contributed by atoms with Gasteiger partial charge in [0.05, 0.1) is 7.11 Å². The minimum Gasteiger partial charge on any atom is -0.493 e. The fourth-order valence-corrected chi connectivity index (χ4v) is 2.33. The average molecular weight is 370 g/mol. The van der Waals surface area contributed by atoms with Crippen molar-refractivity contribution in [2.24, 2.45) is 0 Å². The molecule has 1 fully saturated rings. The zero-order valence-electron chi connectivity index (χ0n) is 13.6. The smallest absolute Gasteiger partial charge is 0.335 e. The maximum absolute atomic E-state index is 11.1. The molecule has 0 spiro atoms. The monoisotopic (exact) mass is 370 g/mol. The SMILES string of the molecule is COc1cc(C=CC(=O)O)ccc1O[C@@H]1O[C@H](C(=O)O)[C@@H](O)[C@H](O)[C@@H]1O. The van der Waals surface area contributed by atoms with Crippen LogP contribution in [0.25, 0.3) is 6.08 Å². The van der Waals surface area contributed by atoms with Crippen molar-refractivity contribution < 1.29 is 49.3 Å². The molecule has 1 heterocycles. The van der Waals surface area contributed by atoms with E-state index in [0.29, 0.717) is 5.56 Å². The van der Waals surface area contributed by atoms with Crippen LogP contribution in [-0.2, 0) is 14.3 Å². The number of methoxy groups -OCH3 is 1. The lowest BCUT2D eigenvalue weighted by atomic mass is 9.99. The van der Waals surface area contributed by atoms with Crippen molar-refractivity contribution >= 4 is 18.0 Å². The summed E-state index contributed by atoms with van der Waals surface area (Å²) in [6, 6.07) is 4.33. The van der Waals surface area contributed by atoms with Gasteiger partial charge in [-0.15, -0.1) is 0 Å². The number of carbonyl (C=O) groups is 2. The molecule has 0 aliphatic carbocycles. The van der Waals surface area contributed by atoms with Crippen LogP contribution in [-0.4, -0.2) is 75.3 Å². The van der Waals surface area contributed by atoms with Crippen LogP contribution in [0.2, 0.25) is 0 Å². The van der Waals surface area contributed by atoms with Gasteiger partial charge < -0.3 is 39.7 Å². The summed E-state index contributed by atoms with van der Waals surface area (Å²) in [5.74, 6) is -2.45. The largest absolute Gasteiger partial charge is 0.493 e. The number of carboxylic acid groups (broad SMARTS) is 2. The van der Waals surface area contributed by atoms with Crippen molar-refractivity contribution in [1.82, 2.24) is 0 Å². The number of ether oxygens (including phenoxy) is 3. The number of rotatable bonds is 6. The topological polar surface area (TPSA) is 163 Å². The van der Waals surface area contributed by atoms with Crippen LogP contribution < -0.4 is 9.47 Å². The minimum atomic E-state index is -1.83. The Labute approximate surface area is 147 Å². The number of hydrogen-bond acceptors (Lipinski definition) is 8. The minimum absolute atomic E-state index is 0.0525. The van der Waals surface area contributed by atoms with Gasteiger partial charge in [-0.1, -0.05) is 6.07 Å². The molecule has 1 aromatic rings. The van der Waals surface area contributed by atoms with Crippen LogP contribution in [0, 0.1) is 0 Å². The molecular weight excluding hydrogens is 352 g/mol. The van der Waals surface area contributed by atoms with Crippen LogP contribution in [0.4, 0.5) is 0 Å². The summed E-state index contributed by atoms with van der Waals surface area (Å²) in [4.78, 5) is 21.7. The summed E-state index contributed by atoms with van der Waals surface area (Å²) < 4.78 is 15.5. The van der Waals surface area contributed by atoms with E-state index in [1.807, 2.05) is 0 Å². The predicted octanol–water partition coefficient (Wildman–Crippen LogP) is -0.936. The predicted molar refractivity (Wildman–Crippen MR) is 84.6 cm³/mol. The summed E-state index contributed by atoms with van der Waals surface area (Å²) in [5, 5.41) is 47.1. The Hall–Kier alpha value is -2.66. The van der Waals surface area contributed by atoms with Crippen molar-refractivity contribution in [1.29, 1.82) is 0 Å². The van der Waals surface area contributed by atoms with Crippen LogP contribution in [0.5, 0.6) is 11.5 Å². The molecule has 1 saturated heterocycles. The Morgan fingerprint density at radius 1 is 1.08 bits per heavy atom. The van der Waals surface area contributed by atoms with E-state index in [4.69, 9.17) is 24.4 Å². The van der Waals surface area contributed by atoms with Gasteiger partial charge in [0.25, 0.3) is 0 Å². The molecule has 1 aromatic carbocycles. The van der Waals surface area contributed by atoms with Gasteiger partial charge in [0.1, 0.15) is 18.3 Å². The number of benzene rings is 1. The summed E-state index contributed by atoms with van der Waals surface area (Å²) in [5.41, 5.74) is 0.487. The van der Waals surface area contributed by atoms with Crippen LogP contribution >= 0.6 is 0 Å². The number of aliphatic hydroxyl groups is 3. The van der Waals surface area contributed by atoms with Gasteiger partial charge in [0, 0.05) is 6.08 Å². The number of aliphatic carboxylic acids is 2. The first-order valence-electron chi connectivity index (χ1n) is 7.42. The Morgan fingerprint density at radius 3 is 2.35 bits per heavy atom. The Balaban J connectivity index is 2.23. The highest BCUT2D eigenvalue weighted by molar-refractivity contribution is 5.85. The first-order valence-corrected chi connectivity index (χ1v) is 7.42. The summed E-state index contributed by atoms with van der Waals surface area (Å²) in [6.07, 6.45) is -6.45. The summed E-state index contributed by atoms with van der Waals surface area (Å²) in [7, 11) is 1.32. The highest BCUT2D eigenvalue weighted by Crippen LogP contribution is 2.32. The van der Waals surface area contributed by atoms with Gasteiger partial charge >= 0.3 is 11.9 Å². The molecule has 0 radical (unpaired) electrons. The molecule has 5 atom stereocenters. The van der Waals surface area contributed by atoms with E-state index >= 15 is 0 Å². The van der Waals surface area contributed by atoms with Crippen molar-refractivity contribution in [3.05, 3.63) is 29.8 Å². The summed E-state index contributed by atoms with van der Waals surface area (Å²) in [6.45, 7) is 0. The van der Waals surface area contributed by atoms with Crippen LogP contribution in [0.15, 0.2) is 24.3 Å². The third-order valence-corrected chi connectivity index (χ3v) is 3.66. The molecule has 0 amide bonds. The lowest BCUT2D eigenvalue weighted by molar-refractivity contribution is -0.271. The third kappa shape index (κ3) is 4.29. The normalized spacial score (nSPS) is 28.7. The second-order valence-electron chi connectivity index (χ2n) is 5.43. The van der Waals surface area contributed by atoms with Gasteiger partial charge in [-0.05, 0) is 23.8 Å². The van der Waals surface area contributed by atoms with E-state index < -0.39 is 42.6 Å². The average Bonchev–Trinajstić information content (AvgIpc) is 2.60. The van der Waals surface area contributed by atoms with E-state index in [2.05, 4.69) is 0 Å². The fourth-order valence-electron chi connectivity index (χ4n) is 2.33. The second kappa shape index (κ2) is 8.15. The number of carboxylic acids is 2. The molecule has 2 rings (SSSR count). The molecule has 1 aliphatic heterocycles. The quantitative estimate of drug-likeness (QED) is 0.395. The molecule has 5 N–H and O–H groups in total. The van der Waals surface area contributed by atoms with E-state index in [0.717, 1.165) is 6.08 Å². The Bertz CT molecular complexity index is 700. The molecule has 10 heteroatoms. The highest BCUT2D eigenvalue weighted by Gasteiger charge is 2.48. The highest BCUT2D eigenvalue weighted by atomic mass is 16.7. The molecule has 26 heavy (non-hydrogen) atoms. The van der Waals surface area contributed by atoms with Gasteiger partial charge in [-0.25, -0.2) is 9.59 Å². The first-order chi connectivity index (χ1) is 12.2. The lowest BCUT2D eigenvalue weighted by Gasteiger charge is -2.38. The molecule has 0 unspecified atom stereocenters. The van der Waals surface area contributed by atoms with Crippen molar-refractivity contribution in [2.75, 3.05) is 7.11 Å².